The lowest BCUT2D eigenvalue weighted by molar-refractivity contribution is -0.403. The molecule has 5 N–H and O–H groups in total. The molecule has 4 rings (SSSR count). The summed E-state index contributed by atoms with van der Waals surface area (Å²) in [6.07, 6.45) is 7.35. The minimum atomic E-state index is -0.441. The standard InChI is InChI=1S/C20H18N6O.ClH/c21-16(10-14-12-24-17-4-2-1-3-15(14)17)20(27)26-25-11-13-5-6-18-19(9-13)23-8-7-22-18;/h1-9,11-12,16,24H,10,21H2,(H,26,27);1H/t16-;/m1./s1. The number of halogens is 1. The highest BCUT2D eigenvalue weighted by atomic mass is 35.5. The van der Waals surface area contributed by atoms with Crippen LogP contribution in [0.25, 0.3) is 21.9 Å². The summed E-state index contributed by atoms with van der Waals surface area (Å²) in [5.74, 6) is -0.225. The zero-order valence-corrected chi connectivity index (χ0v) is 15.7. The van der Waals surface area contributed by atoms with Crippen molar-refractivity contribution in [3.63, 3.8) is 0 Å². The molecule has 2 heterocycles. The molecule has 2 aromatic heterocycles. The van der Waals surface area contributed by atoms with Crippen LogP contribution >= 0.6 is 0 Å². The van der Waals surface area contributed by atoms with Gasteiger partial charge >= 0.3 is 0 Å². The number of benzene rings is 2. The maximum Gasteiger partial charge on any atom is 0.298 e. The monoisotopic (exact) mass is 394 g/mol. The highest BCUT2D eigenvalue weighted by Gasteiger charge is 2.19. The van der Waals surface area contributed by atoms with Crippen molar-refractivity contribution in [3.05, 3.63) is 72.2 Å². The summed E-state index contributed by atoms with van der Waals surface area (Å²) in [5, 5.41) is 5.15. The van der Waals surface area contributed by atoms with Gasteiger partial charge in [-0.1, -0.05) is 24.3 Å². The van der Waals surface area contributed by atoms with Gasteiger partial charge in [0.1, 0.15) is 0 Å². The number of para-hydroxylation sites is 1. The molecule has 0 bridgehead atoms. The summed E-state index contributed by atoms with van der Waals surface area (Å²) in [5.41, 5.74) is 11.1. The van der Waals surface area contributed by atoms with Crippen molar-refractivity contribution in [1.82, 2.24) is 20.4 Å². The van der Waals surface area contributed by atoms with Crippen LogP contribution in [0.3, 0.4) is 0 Å². The number of carbonyl (C=O) groups excluding carboxylic acids is 1. The van der Waals surface area contributed by atoms with E-state index in [2.05, 4.69) is 31.2 Å². The number of aromatic amines is 1. The summed E-state index contributed by atoms with van der Waals surface area (Å²) < 4.78 is 0. The fourth-order valence-electron chi connectivity index (χ4n) is 2.98. The van der Waals surface area contributed by atoms with E-state index in [-0.39, 0.29) is 18.3 Å². The second-order valence-corrected chi connectivity index (χ2v) is 6.30. The van der Waals surface area contributed by atoms with Crippen molar-refractivity contribution in [2.45, 2.75) is 12.5 Å². The second kappa shape index (κ2) is 8.60. The van der Waals surface area contributed by atoms with Crippen LogP contribution in [0, 0.1) is 0 Å². The van der Waals surface area contributed by atoms with Gasteiger partial charge in [0, 0.05) is 35.9 Å². The predicted molar refractivity (Wildman–Crippen MR) is 104 cm³/mol. The lowest BCUT2D eigenvalue weighted by atomic mass is 10.1. The predicted octanol–water partition coefficient (Wildman–Crippen LogP) is -1.58. The van der Waals surface area contributed by atoms with Crippen molar-refractivity contribution < 1.29 is 22.9 Å². The lowest BCUT2D eigenvalue weighted by Gasteiger charge is -2.06. The quantitative estimate of drug-likeness (QED) is 0.280. The Kier molecular flexibility index (Phi) is 5.98. The molecule has 1 atom stereocenters. The molecule has 28 heavy (non-hydrogen) atoms. The normalized spacial score (nSPS) is 12.2. The van der Waals surface area contributed by atoms with E-state index in [1.165, 1.54) is 0 Å². The second-order valence-electron chi connectivity index (χ2n) is 6.30. The Balaban J connectivity index is 0.00000225. The summed E-state index contributed by atoms with van der Waals surface area (Å²) in [6.45, 7) is 0. The number of H-pyrrole nitrogens is 1. The van der Waals surface area contributed by atoms with E-state index in [0.29, 0.717) is 6.42 Å². The molecule has 0 saturated heterocycles. The van der Waals surface area contributed by atoms with E-state index < -0.39 is 6.04 Å². The van der Waals surface area contributed by atoms with Gasteiger partial charge in [-0.2, -0.15) is 5.10 Å². The molecule has 0 unspecified atom stereocenters. The van der Waals surface area contributed by atoms with E-state index >= 15 is 0 Å². The molecule has 0 fully saturated rings. The van der Waals surface area contributed by atoms with Gasteiger partial charge in [0.15, 0.2) is 6.04 Å². The number of carbonyl (C=O) groups is 1. The first-order chi connectivity index (χ1) is 13.2. The van der Waals surface area contributed by atoms with Crippen LogP contribution in [0.15, 0.2) is 66.2 Å². The Hall–Kier alpha value is -3.29. The molecule has 0 spiro atoms. The molecule has 0 saturated carbocycles. The molecular formula is C20H19ClN6O. The average molecular weight is 395 g/mol. The third kappa shape index (κ3) is 4.16. The molecule has 0 aliphatic carbocycles. The first kappa shape index (κ1) is 19.5. The highest BCUT2D eigenvalue weighted by Crippen LogP contribution is 2.18. The number of rotatable bonds is 5. The summed E-state index contributed by atoms with van der Waals surface area (Å²) >= 11 is 0. The first-order valence-electron chi connectivity index (χ1n) is 8.62. The number of quaternary nitrogens is 1. The van der Waals surface area contributed by atoms with E-state index in [1.807, 2.05) is 48.7 Å². The average Bonchev–Trinajstić information content (AvgIpc) is 3.11. The number of hydrogen-bond donors (Lipinski definition) is 3. The van der Waals surface area contributed by atoms with Gasteiger partial charge in [0.05, 0.1) is 17.2 Å². The van der Waals surface area contributed by atoms with Gasteiger partial charge in [-0.15, -0.1) is 0 Å². The third-order valence-electron chi connectivity index (χ3n) is 4.39. The molecule has 2 aromatic carbocycles. The van der Waals surface area contributed by atoms with Crippen LogP contribution in [-0.2, 0) is 11.2 Å². The van der Waals surface area contributed by atoms with Crippen LogP contribution in [0.1, 0.15) is 11.1 Å². The molecule has 7 nitrogen and oxygen atoms in total. The molecule has 1 amide bonds. The van der Waals surface area contributed by atoms with Gasteiger partial charge in [-0.05, 0) is 29.3 Å². The zero-order chi connectivity index (χ0) is 18.6. The molecule has 0 radical (unpaired) electrons. The van der Waals surface area contributed by atoms with Crippen LogP contribution in [0.5, 0.6) is 0 Å². The number of nitrogens with one attached hydrogen (secondary N) is 2. The maximum absolute atomic E-state index is 12.3. The van der Waals surface area contributed by atoms with Gasteiger partial charge in [0.25, 0.3) is 5.91 Å². The minimum absolute atomic E-state index is 0. The summed E-state index contributed by atoms with van der Waals surface area (Å²) in [4.78, 5) is 24.0. The number of hydrogen-bond acceptors (Lipinski definition) is 4. The Morgan fingerprint density at radius 1 is 1.18 bits per heavy atom. The smallest absolute Gasteiger partial charge is 0.298 e. The lowest BCUT2D eigenvalue weighted by Crippen LogP contribution is -3.00. The maximum atomic E-state index is 12.3. The van der Waals surface area contributed by atoms with E-state index in [9.17, 15) is 4.79 Å². The van der Waals surface area contributed by atoms with Gasteiger partial charge < -0.3 is 23.1 Å². The van der Waals surface area contributed by atoms with E-state index in [0.717, 1.165) is 33.1 Å². The first-order valence-corrected chi connectivity index (χ1v) is 8.62. The number of hydrazone groups is 1. The van der Waals surface area contributed by atoms with Crippen LogP contribution in [0.2, 0.25) is 0 Å². The summed E-state index contributed by atoms with van der Waals surface area (Å²) in [7, 11) is 0. The van der Waals surface area contributed by atoms with Crippen molar-refractivity contribution in [1.29, 1.82) is 0 Å². The van der Waals surface area contributed by atoms with Gasteiger partial charge in [0.2, 0.25) is 0 Å². The van der Waals surface area contributed by atoms with Crippen molar-refractivity contribution in [3.8, 4) is 0 Å². The Morgan fingerprint density at radius 3 is 2.82 bits per heavy atom. The summed E-state index contributed by atoms with van der Waals surface area (Å²) in [6, 6.07) is 13.2. The van der Waals surface area contributed by atoms with Crippen LogP contribution in [0.4, 0.5) is 0 Å². The Labute approximate surface area is 167 Å². The molecule has 8 heteroatoms. The van der Waals surface area contributed by atoms with E-state index in [1.54, 1.807) is 18.6 Å². The zero-order valence-electron chi connectivity index (χ0n) is 15.0. The Bertz CT molecular complexity index is 1140. The van der Waals surface area contributed by atoms with Crippen molar-refractivity contribution in [2.24, 2.45) is 5.10 Å². The van der Waals surface area contributed by atoms with Crippen molar-refractivity contribution >= 4 is 34.1 Å². The van der Waals surface area contributed by atoms with Gasteiger partial charge in [-0.25, -0.2) is 5.43 Å². The minimum Gasteiger partial charge on any atom is -1.00 e. The van der Waals surface area contributed by atoms with Crippen LogP contribution in [-0.4, -0.2) is 33.1 Å². The Morgan fingerprint density at radius 2 is 1.96 bits per heavy atom. The molecule has 142 valence electrons. The molecule has 4 aromatic rings. The SMILES string of the molecule is [Cl-].[NH3+][C@H](Cc1c[nH]c2ccccc12)C(=O)NN=Cc1ccc2nccnc2c1. The largest absolute Gasteiger partial charge is 1.00 e. The third-order valence-corrected chi connectivity index (χ3v) is 4.39. The fraction of sp³-hybridized carbons (Fsp3) is 0.100. The number of amides is 1. The topological polar surface area (TPSA) is 111 Å². The van der Waals surface area contributed by atoms with E-state index in [4.69, 9.17) is 0 Å². The molecule has 0 aliphatic rings. The fourth-order valence-corrected chi connectivity index (χ4v) is 2.98. The highest BCUT2D eigenvalue weighted by molar-refractivity contribution is 5.88. The number of aromatic nitrogens is 3. The number of nitrogens with zero attached hydrogens (tertiary/aromatic N) is 3. The van der Waals surface area contributed by atoms with Crippen molar-refractivity contribution in [2.75, 3.05) is 0 Å². The number of fused-ring (bicyclic) bond motifs is 2. The molecule has 0 aliphatic heterocycles. The van der Waals surface area contributed by atoms with Crippen LogP contribution < -0.4 is 23.6 Å². The van der Waals surface area contributed by atoms with Gasteiger partial charge in [-0.3, -0.25) is 14.8 Å². The molecular weight excluding hydrogens is 376 g/mol.